The number of likely N-dealkylation sites (tertiary alicyclic amines) is 1. The quantitative estimate of drug-likeness (QED) is 0.660. The predicted molar refractivity (Wildman–Crippen MR) is 99.3 cm³/mol. The molecule has 8 heteroatoms. The summed E-state index contributed by atoms with van der Waals surface area (Å²) in [4.78, 5) is 41.8. The lowest BCUT2D eigenvalue weighted by Gasteiger charge is -2.32. The van der Waals surface area contributed by atoms with Gasteiger partial charge in [-0.25, -0.2) is 4.98 Å². The maximum Gasteiger partial charge on any atom is 0.285 e. The highest BCUT2D eigenvalue weighted by molar-refractivity contribution is 5.99. The molecule has 2 heterocycles. The van der Waals surface area contributed by atoms with E-state index in [1.165, 1.54) is 11.0 Å². The molecule has 1 aliphatic rings. The third kappa shape index (κ3) is 4.11. The van der Waals surface area contributed by atoms with E-state index in [0.717, 1.165) is 0 Å². The second-order valence-electron chi connectivity index (χ2n) is 6.52. The summed E-state index contributed by atoms with van der Waals surface area (Å²) in [7, 11) is 0. The Balaban J connectivity index is 1.75. The van der Waals surface area contributed by atoms with Crippen LogP contribution in [0, 0.1) is 23.0 Å². The molecule has 1 aliphatic heterocycles. The number of hydrogen-bond donors (Lipinski definition) is 1. The first-order valence-electron chi connectivity index (χ1n) is 8.72. The fraction of sp³-hybridized carbons (Fsp3) is 0.316. The van der Waals surface area contributed by atoms with Crippen LogP contribution in [0.1, 0.15) is 28.8 Å². The Bertz CT molecular complexity index is 869. The van der Waals surface area contributed by atoms with Crippen LogP contribution < -0.4 is 5.32 Å². The van der Waals surface area contributed by atoms with E-state index >= 15 is 0 Å². The van der Waals surface area contributed by atoms with Crippen molar-refractivity contribution in [2.24, 2.45) is 5.92 Å². The van der Waals surface area contributed by atoms with Gasteiger partial charge >= 0.3 is 0 Å². The molecule has 2 aromatic rings. The predicted octanol–water partition coefficient (Wildman–Crippen LogP) is 2.79. The third-order valence-corrected chi connectivity index (χ3v) is 4.65. The van der Waals surface area contributed by atoms with Gasteiger partial charge in [0.25, 0.3) is 11.6 Å². The van der Waals surface area contributed by atoms with Crippen LogP contribution in [0.2, 0.25) is 0 Å². The molecule has 0 radical (unpaired) electrons. The molecule has 0 spiro atoms. The van der Waals surface area contributed by atoms with Gasteiger partial charge in [-0.2, -0.15) is 0 Å². The number of amides is 2. The number of nitro benzene ring substituents is 1. The Hall–Kier alpha value is -3.29. The SMILES string of the molecule is Cc1cccc(C(=O)N2CCCC(C(=O)Nc3ccccn3)C2)c1[N+](=O)[O-]. The van der Waals surface area contributed by atoms with Crippen molar-refractivity contribution in [3.8, 4) is 0 Å². The van der Waals surface area contributed by atoms with E-state index in [2.05, 4.69) is 10.3 Å². The summed E-state index contributed by atoms with van der Waals surface area (Å²) in [6, 6.07) is 9.92. The van der Waals surface area contributed by atoms with Crippen LogP contribution in [0.3, 0.4) is 0 Å². The van der Waals surface area contributed by atoms with E-state index < -0.39 is 10.8 Å². The van der Waals surface area contributed by atoms with E-state index in [0.29, 0.717) is 30.8 Å². The van der Waals surface area contributed by atoms with E-state index in [4.69, 9.17) is 0 Å². The van der Waals surface area contributed by atoms with Crippen LogP contribution in [0.15, 0.2) is 42.6 Å². The fourth-order valence-electron chi connectivity index (χ4n) is 3.28. The van der Waals surface area contributed by atoms with Crippen molar-refractivity contribution < 1.29 is 14.5 Å². The standard InChI is InChI=1S/C19H20N4O4/c1-13-6-4-8-15(17(13)23(26)27)19(25)22-11-5-7-14(12-22)18(24)21-16-9-2-3-10-20-16/h2-4,6,8-10,14H,5,7,11-12H2,1H3,(H,20,21,24). The van der Waals surface area contributed by atoms with Crippen molar-refractivity contribution in [1.82, 2.24) is 9.88 Å². The molecule has 8 nitrogen and oxygen atoms in total. The summed E-state index contributed by atoms with van der Waals surface area (Å²) in [5, 5.41) is 14.1. The normalized spacial score (nSPS) is 16.6. The molecule has 1 unspecified atom stereocenters. The molecule has 2 amide bonds. The zero-order valence-electron chi connectivity index (χ0n) is 14.9. The summed E-state index contributed by atoms with van der Waals surface area (Å²) < 4.78 is 0. The first-order valence-corrected chi connectivity index (χ1v) is 8.72. The van der Waals surface area contributed by atoms with Crippen LogP contribution in [0.5, 0.6) is 0 Å². The lowest BCUT2D eigenvalue weighted by Crippen LogP contribution is -2.44. The van der Waals surface area contributed by atoms with E-state index in [1.54, 1.807) is 43.5 Å². The molecule has 1 aromatic carbocycles. The zero-order chi connectivity index (χ0) is 19.4. The van der Waals surface area contributed by atoms with Crippen molar-refractivity contribution >= 4 is 23.3 Å². The second-order valence-corrected chi connectivity index (χ2v) is 6.52. The topological polar surface area (TPSA) is 105 Å². The Morgan fingerprint density at radius 1 is 1.26 bits per heavy atom. The molecule has 140 valence electrons. The molecule has 1 N–H and O–H groups in total. The molecule has 1 saturated heterocycles. The summed E-state index contributed by atoms with van der Waals surface area (Å²) >= 11 is 0. The highest BCUT2D eigenvalue weighted by Gasteiger charge is 2.32. The van der Waals surface area contributed by atoms with Gasteiger partial charge in [-0.1, -0.05) is 18.2 Å². The minimum absolute atomic E-state index is 0.0609. The van der Waals surface area contributed by atoms with Crippen molar-refractivity contribution in [3.63, 3.8) is 0 Å². The largest absolute Gasteiger partial charge is 0.338 e. The lowest BCUT2D eigenvalue weighted by molar-refractivity contribution is -0.385. The van der Waals surface area contributed by atoms with Gasteiger partial charge in [0, 0.05) is 24.8 Å². The monoisotopic (exact) mass is 368 g/mol. The number of para-hydroxylation sites is 1. The molecule has 1 aromatic heterocycles. The van der Waals surface area contributed by atoms with Crippen molar-refractivity contribution in [1.29, 1.82) is 0 Å². The van der Waals surface area contributed by atoms with Crippen molar-refractivity contribution in [2.75, 3.05) is 18.4 Å². The number of nitrogens with one attached hydrogen (secondary N) is 1. The van der Waals surface area contributed by atoms with Crippen LogP contribution in [-0.2, 0) is 4.79 Å². The molecule has 0 aliphatic carbocycles. The number of nitro groups is 1. The van der Waals surface area contributed by atoms with Crippen LogP contribution in [-0.4, -0.2) is 39.7 Å². The average Bonchev–Trinajstić information content (AvgIpc) is 2.67. The van der Waals surface area contributed by atoms with Gasteiger partial charge in [-0.05, 0) is 38.0 Å². The molecule has 3 rings (SSSR count). The number of aromatic nitrogens is 1. The van der Waals surface area contributed by atoms with Gasteiger partial charge in [-0.3, -0.25) is 19.7 Å². The van der Waals surface area contributed by atoms with Crippen molar-refractivity contribution in [3.05, 3.63) is 63.8 Å². The summed E-state index contributed by atoms with van der Waals surface area (Å²) in [6.45, 7) is 2.30. The Morgan fingerprint density at radius 3 is 2.78 bits per heavy atom. The number of benzene rings is 1. The molecular formula is C19H20N4O4. The summed E-state index contributed by atoms with van der Waals surface area (Å²) in [5.74, 6) is -0.542. The molecule has 0 saturated carbocycles. The molecule has 0 bridgehead atoms. The van der Waals surface area contributed by atoms with Gasteiger partial charge in [0.2, 0.25) is 5.91 Å². The lowest BCUT2D eigenvalue weighted by atomic mass is 9.96. The number of carbonyl (C=O) groups excluding carboxylic acids is 2. The van der Waals surface area contributed by atoms with Gasteiger partial charge in [0.1, 0.15) is 11.4 Å². The molecule has 27 heavy (non-hydrogen) atoms. The smallest absolute Gasteiger partial charge is 0.285 e. The van der Waals surface area contributed by atoms with Crippen LogP contribution in [0.4, 0.5) is 11.5 Å². The number of nitrogens with zero attached hydrogens (tertiary/aromatic N) is 3. The Morgan fingerprint density at radius 2 is 2.07 bits per heavy atom. The Labute approximate surface area is 156 Å². The van der Waals surface area contributed by atoms with Gasteiger partial charge < -0.3 is 10.2 Å². The number of carbonyl (C=O) groups is 2. The van der Waals surface area contributed by atoms with Gasteiger partial charge in [-0.15, -0.1) is 0 Å². The van der Waals surface area contributed by atoms with E-state index in [9.17, 15) is 19.7 Å². The van der Waals surface area contributed by atoms with Crippen LogP contribution >= 0.6 is 0 Å². The Kier molecular flexibility index (Phi) is 5.44. The van der Waals surface area contributed by atoms with Gasteiger partial charge in [0.05, 0.1) is 10.8 Å². The first kappa shape index (κ1) is 18.5. The molecular weight excluding hydrogens is 348 g/mol. The number of piperidine rings is 1. The number of aryl methyl sites for hydroxylation is 1. The summed E-state index contributed by atoms with van der Waals surface area (Å²) in [6.07, 6.45) is 2.90. The number of rotatable bonds is 4. The maximum atomic E-state index is 12.9. The zero-order valence-corrected chi connectivity index (χ0v) is 14.9. The molecule has 1 fully saturated rings. The van der Waals surface area contributed by atoms with Crippen molar-refractivity contribution in [2.45, 2.75) is 19.8 Å². The summed E-state index contributed by atoms with van der Waals surface area (Å²) in [5.41, 5.74) is 0.320. The van der Waals surface area contributed by atoms with Gasteiger partial charge in [0.15, 0.2) is 0 Å². The minimum Gasteiger partial charge on any atom is -0.338 e. The first-order chi connectivity index (χ1) is 13.0. The van der Waals surface area contributed by atoms with E-state index in [1.807, 2.05) is 0 Å². The van der Waals surface area contributed by atoms with E-state index in [-0.39, 0.29) is 29.6 Å². The average molecular weight is 368 g/mol. The third-order valence-electron chi connectivity index (χ3n) is 4.65. The second kappa shape index (κ2) is 7.94. The molecule has 1 atom stereocenters. The minimum atomic E-state index is -0.530. The maximum absolute atomic E-state index is 12.9. The number of anilines is 1. The highest BCUT2D eigenvalue weighted by atomic mass is 16.6. The number of hydrogen-bond acceptors (Lipinski definition) is 5. The van der Waals surface area contributed by atoms with Crippen LogP contribution in [0.25, 0.3) is 0 Å². The highest BCUT2D eigenvalue weighted by Crippen LogP contribution is 2.27. The number of pyridine rings is 1. The fourth-order valence-corrected chi connectivity index (χ4v) is 3.28.